The van der Waals surface area contributed by atoms with Gasteiger partial charge >= 0.3 is 17.7 Å². The van der Waals surface area contributed by atoms with Crippen molar-refractivity contribution in [3.63, 3.8) is 0 Å². The highest BCUT2D eigenvalue weighted by Crippen LogP contribution is 2.54. The molecule has 0 spiro atoms. The van der Waals surface area contributed by atoms with Crippen LogP contribution in [0.5, 0.6) is 23.0 Å². The maximum absolute atomic E-state index is 14.2. The van der Waals surface area contributed by atoms with Crippen molar-refractivity contribution in [3.8, 4) is 23.0 Å². The molecule has 5 rings (SSSR count). The number of anilines is 1. The molecule has 0 aliphatic carbocycles. The van der Waals surface area contributed by atoms with Crippen LogP contribution in [0.3, 0.4) is 0 Å². The van der Waals surface area contributed by atoms with E-state index in [0.717, 1.165) is 12.3 Å². The van der Waals surface area contributed by atoms with Gasteiger partial charge in [-0.3, -0.25) is 14.4 Å². The van der Waals surface area contributed by atoms with Crippen molar-refractivity contribution in [3.05, 3.63) is 53.3 Å². The summed E-state index contributed by atoms with van der Waals surface area (Å²) in [6, 6.07) is 1.07. The van der Waals surface area contributed by atoms with E-state index >= 15 is 0 Å². The summed E-state index contributed by atoms with van der Waals surface area (Å²) < 4.78 is 28.7. The number of aliphatic hydroxyl groups excluding tert-OH is 3. The molecule has 0 aromatic heterocycles. The SMILES string of the molecule is CO[C@H]1C=CO[C@@]2(C)Oc3c(C)c(O)c4c(O)c(cc(OC(=O)CO)c4c3C2=O)NC(=O)/C(C)=C\C=C/[C@H](C)[C@H](O)[C@@H](C)[C@@H](O)[C@@H](C)[C@H](OC(C)=O)[C@@H]1C. The Hall–Kier alpha value is -4.96. The number of rotatable bonds is 4. The number of benzene rings is 2. The van der Waals surface area contributed by atoms with Crippen LogP contribution in [-0.4, -0.2) is 93.1 Å². The van der Waals surface area contributed by atoms with Crippen molar-refractivity contribution in [2.75, 3.05) is 19.0 Å². The number of carbonyl (C=O) groups excluding carboxylic acids is 4. The van der Waals surface area contributed by atoms with Gasteiger partial charge in [0.2, 0.25) is 0 Å². The maximum Gasteiger partial charge on any atom is 0.337 e. The van der Waals surface area contributed by atoms with Gasteiger partial charge in [-0.1, -0.05) is 45.9 Å². The number of aromatic hydroxyl groups is 2. The molecule has 15 nitrogen and oxygen atoms in total. The van der Waals surface area contributed by atoms with Crippen molar-refractivity contribution in [2.45, 2.75) is 85.6 Å². The highest BCUT2D eigenvalue weighted by molar-refractivity contribution is 6.21. The molecule has 0 saturated heterocycles. The summed E-state index contributed by atoms with van der Waals surface area (Å²) in [6.07, 6.45) is 3.32. The number of fused-ring (bicyclic) bond motifs is 14. The van der Waals surface area contributed by atoms with Crippen LogP contribution >= 0.6 is 0 Å². The average Bonchev–Trinajstić information content (AvgIpc) is 3.39. The lowest BCUT2D eigenvalue weighted by molar-refractivity contribution is -0.160. The quantitative estimate of drug-likeness (QED) is 0.148. The number of hydrogen-bond acceptors (Lipinski definition) is 14. The van der Waals surface area contributed by atoms with Crippen LogP contribution in [0.25, 0.3) is 10.8 Å². The Morgan fingerprint density at radius 2 is 1.63 bits per heavy atom. The number of aliphatic hydroxyl groups is 3. The Morgan fingerprint density at radius 1 is 0.963 bits per heavy atom. The van der Waals surface area contributed by atoms with Crippen LogP contribution in [0.1, 0.15) is 64.4 Å². The number of amides is 1. The number of phenols is 2. The average molecular weight is 756 g/mol. The molecule has 5 bridgehead atoms. The molecule has 2 aromatic carbocycles. The molecule has 3 heterocycles. The van der Waals surface area contributed by atoms with E-state index in [1.54, 1.807) is 39.8 Å². The second kappa shape index (κ2) is 16.6. The molecule has 0 radical (unpaired) electrons. The smallest absolute Gasteiger partial charge is 0.337 e. The van der Waals surface area contributed by atoms with Crippen molar-refractivity contribution < 1.29 is 68.4 Å². The maximum atomic E-state index is 14.2. The zero-order valence-electron chi connectivity index (χ0n) is 31.7. The van der Waals surface area contributed by atoms with Crippen molar-refractivity contribution >= 4 is 40.1 Å². The predicted molar refractivity (Wildman–Crippen MR) is 195 cm³/mol. The number of nitrogens with one attached hydrogen (secondary N) is 1. The fourth-order valence-corrected chi connectivity index (χ4v) is 6.87. The third kappa shape index (κ3) is 8.09. The van der Waals surface area contributed by atoms with Gasteiger partial charge in [-0.25, -0.2) is 4.79 Å². The van der Waals surface area contributed by atoms with E-state index < -0.39 is 101 Å². The fourth-order valence-electron chi connectivity index (χ4n) is 6.87. The monoisotopic (exact) mass is 755 g/mol. The Kier molecular flexibility index (Phi) is 12.8. The topological polar surface area (TPSA) is 228 Å². The number of Topliss-reactive ketones (excluding diaryl/α,β-unsaturated/α-hetero) is 1. The number of allylic oxidation sites excluding steroid dienone is 2. The van der Waals surface area contributed by atoms with Gasteiger partial charge in [-0.05, 0) is 19.9 Å². The fraction of sp³-hybridized carbons (Fsp3) is 0.487. The molecule has 6 N–H and O–H groups in total. The third-order valence-electron chi connectivity index (χ3n) is 10.2. The lowest BCUT2D eigenvalue weighted by Gasteiger charge is -2.38. The number of esters is 2. The molecule has 9 atom stereocenters. The van der Waals surface area contributed by atoms with E-state index in [0.29, 0.717) is 0 Å². The van der Waals surface area contributed by atoms with Crippen LogP contribution in [0.2, 0.25) is 0 Å². The Balaban J connectivity index is 1.94. The van der Waals surface area contributed by atoms with Crippen molar-refractivity contribution in [1.82, 2.24) is 0 Å². The van der Waals surface area contributed by atoms with Gasteiger partial charge < -0.3 is 54.5 Å². The molecule has 1 amide bonds. The first-order valence-corrected chi connectivity index (χ1v) is 17.5. The molecule has 54 heavy (non-hydrogen) atoms. The summed E-state index contributed by atoms with van der Waals surface area (Å²) in [5.74, 6) is -9.62. The number of carbonyl (C=O) groups is 4. The largest absolute Gasteiger partial charge is 0.507 e. The third-order valence-corrected chi connectivity index (χ3v) is 10.2. The van der Waals surface area contributed by atoms with E-state index in [-0.39, 0.29) is 38.9 Å². The molecule has 0 saturated carbocycles. The molecule has 3 aliphatic rings. The molecule has 15 heteroatoms. The summed E-state index contributed by atoms with van der Waals surface area (Å²) >= 11 is 0. The van der Waals surface area contributed by atoms with Crippen LogP contribution < -0.4 is 14.8 Å². The summed E-state index contributed by atoms with van der Waals surface area (Å²) in [5, 5.41) is 56.9. The Morgan fingerprint density at radius 3 is 2.24 bits per heavy atom. The minimum absolute atomic E-state index is 0.0118. The first-order chi connectivity index (χ1) is 25.3. The molecule has 3 aliphatic heterocycles. The standard InChI is InChI=1S/C39H49NO14/c1-17-11-10-12-18(2)38(49)40-24-15-26(53-27(43)16-41)28-29(34(24)47)33(46)22(6)36-30(28)37(48)39(8,54-36)51-14-13-25(50-9)19(3)35(52-23(7)42)21(5)32(45)20(4)31(17)44/h10-15,17,19-21,25,31-32,35,41,44-47H,16H2,1-9H3,(H,40,49)/b11-10-,14-13?,18-12-/t17-,19+,20+,21+,25-,31-,32+,35+,39-/m0/s1. The van der Waals surface area contributed by atoms with E-state index in [9.17, 15) is 44.7 Å². The zero-order chi connectivity index (χ0) is 40.4. The minimum atomic E-state index is -2.07. The van der Waals surface area contributed by atoms with Crippen molar-refractivity contribution in [2.24, 2.45) is 23.7 Å². The van der Waals surface area contributed by atoms with Gasteiger partial charge in [-0.15, -0.1) is 0 Å². The number of methoxy groups -OCH3 is 1. The van der Waals surface area contributed by atoms with E-state index in [1.165, 1.54) is 47.0 Å². The van der Waals surface area contributed by atoms with Gasteiger partial charge in [0, 0.05) is 67.2 Å². The molecular formula is C39H49NO14. The summed E-state index contributed by atoms with van der Waals surface area (Å²) in [4.78, 5) is 52.2. The molecular weight excluding hydrogens is 706 g/mol. The van der Waals surface area contributed by atoms with E-state index in [4.69, 9.17) is 23.7 Å². The summed E-state index contributed by atoms with van der Waals surface area (Å²) in [7, 11) is 1.41. The second-order valence-corrected chi connectivity index (χ2v) is 14.0. The molecule has 294 valence electrons. The van der Waals surface area contributed by atoms with E-state index in [2.05, 4.69) is 5.32 Å². The lowest BCUT2D eigenvalue weighted by Crippen LogP contribution is -2.46. The first kappa shape index (κ1) is 41.8. The highest BCUT2D eigenvalue weighted by Gasteiger charge is 2.50. The minimum Gasteiger partial charge on any atom is -0.507 e. The number of hydrogen-bond donors (Lipinski definition) is 6. The first-order valence-electron chi connectivity index (χ1n) is 17.5. The van der Waals surface area contributed by atoms with Gasteiger partial charge in [0.1, 0.15) is 30.0 Å². The number of ether oxygens (including phenoxy) is 5. The second-order valence-electron chi connectivity index (χ2n) is 14.0. The zero-order valence-corrected chi connectivity index (χ0v) is 31.7. The van der Waals surface area contributed by atoms with Gasteiger partial charge in [0.15, 0.2) is 5.75 Å². The van der Waals surface area contributed by atoms with Crippen molar-refractivity contribution in [1.29, 1.82) is 0 Å². The van der Waals surface area contributed by atoms with Crippen LogP contribution in [-0.2, 0) is 28.6 Å². The molecule has 0 fully saturated rings. The van der Waals surface area contributed by atoms with Crippen LogP contribution in [0.4, 0.5) is 5.69 Å². The molecule has 0 unspecified atom stereocenters. The van der Waals surface area contributed by atoms with Crippen LogP contribution in [0, 0.1) is 30.6 Å². The summed E-state index contributed by atoms with van der Waals surface area (Å²) in [6.45, 7) is 11.2. The van der Waals surface area contributed by atoms with E-state index in [1.807, 2.05) is 0 Å². The van der Waals surface area contributed by atoms with Gasteiger partial charge in [0.25, 0.3) is 11.7 Å². The van der Waals surface area contributed by atoms with Gasteiger partial charge in [0.05, 0.1) is 41.2 Å². The van der Waals surface area contributed by atoms with Gasteiger partial charge in [-0.2, -0.15) is 0 Å². The number of phenolic OH excluding ortho intramolecular Hbond substituents is 2. The Bertz CT molecular complexity index is 1900. The predicted octanol–water partition coefficient (Wildman–Crippen LogP) is 3.95. The molecule has 2 aromatic rings. The lowest BCUT2D eigenvalue weighted by atomic mass is 9.78. The van der Waals surface area contributed by atoms with Crippen LogP contribution in [0.15, 0.2) is 42.2 Å². The summed E-state index contributed by atoms with van der Waals surface area (Å²) in [5.41, 5.74) is -0.365. The number of ketones is 1. The normalized spacial score (nSPS) is 30.9. The Labute approximate surface area is 312 Å². The highest BCUT2D eigenvalue weighted by atomic mass is 16.7.